The molecule has 4 rings (SSSR count). The Morgan fingerprint density at radius 3 is 2.44 bits per heavy atom. The number of hydrogen-bond acceptors (Lipinski definition) is 4. The maximum absolute atomic E-state index is 14.1. The summed E-state index contributed by atoms with van der Waals surface area (Å²) in [6.45, 7) is 6.07. The quantitative estimate of drug-likeness (QED) is 0.372. The van der Waals surface area contributed by atoms with Crippen molar-refractivity contribution in [1.29, 1.82) is 0 Å². The van der Waals surface area contributed by atoms with Gasteiger partial charge in [0.1, 0.15) is 5.82 Å². The number of hydrogen-bond donors (Lipinski definition) is 2. The van der Waals surface area contributed by atoms with E-state index in [9.17, 15) is 13.6 Å². The molecule has 1 atom stereocenters. The van der Waals surface area contributed by atoms with Crippen molar-refractivity contribution in [1.82, 2.24) is 4.90 Å². The lowest BCUT2D eigenvalue weighted by Crippen LogP contribution is -2.50. The molecule has 1 amide bonds. The molecule has 1 aliphatic rings. The van der Waals surface area contributed by atoms with Crippen molar-refractivity contribution < 1.29 is 13.6 Å². The highest BCUT2D eigenvalue weighted by Crippen LogP contribution is 2.32. The zero-order valence-corrected chi connectivity index (χ0v) is 21.1. The summed E-state index contributed by atoms with van der Waals surface area (Å²) in [5.74, 6) is 4.62. The third kappa shape index (κ3) is 5.46. The molecule has 1 saturated heterocycles. The van der Waals surface area contributed by atoms with Crippen molar-refractivity contribution in [3.63, 3.8) is 0 Å². The van der Waals surface area contributed by atoms with Crippen molar-refractivity contribution in [3.05, 3.63) is 87.4 Å². The highest BCUT2D eigenvalue weighted by Gasteiger charge is 2.24. The molecular weight excluding hydrogens is 482 g/mol. The van der Waals surface area contributed by atoms with Crippen LogP contribution >= 0.6 is 11.6 Å². The van der Waals surface area contributed by atoms with Gasteiger partial charge in [0.25, 0.3) is 5.91 Å². The van der Waals surface area contributed by atoms with Gasteiger partial charge in [0.2, 0.25) is 0 Å². The summed E-state index contributed by atoms with van der Waals surface area (Å²) in [6, 6.07) is 13.1. The van der Waals surface area contributed by atoms with E-state index in [-0.39, 0.29) is 27.7 Å². The van der Waals surface area contributed by atoms with E-state index in [1.807, 2.05) is 12.1 Å². The predicted octanol–water partition coefficient (Wildman–Crippen LogP) is 5.30. The maximum atomic E-state index is 14.1. The normalized spacial score (nSPS) is 15.8. The fourth-order valence-electron chi connectivity index (χ4n) is 4.09. The second-order valence-corrected chi connectivity index (χ2v) is 9.36. The lowest BCUT2D eigenvalue weighted by Gasteiger charge is -2.39. The molecule has 36 heavy (non-hydrogen) atoms. The Hall–Kier alpha value is -3.60. The van der Waals surface area contributed by atoms with Gasteiger partial charge < -0.3 is 20.9 Å². The minimum absolute atomic E-state index is 0.0150. The molecule has 3 aromatic carbocycles. The Kier molecular flexibility index (Phi) is 7.48. The number of carbonyl (C=O) groups is 1. The van der Waals surface area contributed by atoms with Crippen LogP contribution in [-0.4, -0.2) is 43.5 Å². The molecule has 0 radical (unpaired) electrons. The second kappa shape index (κ2) is 10.6. The van der Waals surface area contributed by atoms with Crippen LogP contribution in [0.25, 0.3) is 0 Å². The van der Waals surface area contributed by atoms with Crippen molar-refractivity contribution in [2.45, 2.75) is 19.9 Å². The zero-order valence-electron chi connectivity index (χ0n) is 20.3. The van der Waals surface area contributed by atoms with E-state index >= 15 is 0 Å². The minimum atomic E-state index is -0.637. The van der Waals surface area contributed by atoms with Gasteiger partial charge in [-0.3, -0.25) is 4.79 Å². The number of carbonyl (C=O) groups excluding carboxylic acids is 1. The van der Waals surface area contributed by atoms with E-state index < -0.39 is 11.7 Å². The van der Waals surface area contributed by atoms with Gasteiger partial charge in [-0.1, -0.05) is 23.4 Å². The number of piperazine rings is 1. The number of amides is 1. The average Bonchev–Trinajstić information content (AvgIpc) is 2.86. The van der Waals surface area contributed by atoms with Crippen molar-refractivity contribution >= 4 is 34.6 Å². The molecule has 0 aliphatic carbocycles. The van der Waals surface area contributed by atoms with Gasteiger partial charge >= 0.3 is 0 Å². The number of benzene rings is 3. The van der Waals surface area contributed by atoms with Gasteiger partial charge in [0.05, 0.1) is 27.6 Å². The van der Waals surface area contributed by atoms with Crippen LogP contribution in [0.3, 0.4) is 0 Å². The number of nitrogens with zero attached hydrogens (tertiary/aromatic N) is 2. The molecule has 5 nitrogen and oxygen atoms in total. The van der Waals surface area contributed by atoms with Crippen LogP contribution in [0.15, 0.2) is 48.5 Å². The van der Waals surface area contributed by atoms with Gasteiger partial charge in [-0.15, -0.1) is 0 Å². The number of nitrogen functional groups attached to an aromatic ring is 1. The van der Waals surface area contributed by atoms with E-state index in [4.69, 9.17) is 17.3 Å². The number of likely N-dealkylation sites (N-methyl/N-ethyl adjacent to an activating group) is 1. The largest absolute Gasteiger partial charge is 0.396 e. The van der Waals surface area contributed by atoms with E-state index in [2.05, 4.69) is 40.9 Å². The molecule has 0 unspecified atom stereocenters. The summed E-state index contributed by atoms with van der Waals surface area (Å²) in [7, 11) is 2.09. The van der Waals surface area contributed by atoms with Gasteiger partial charge in [-0.2, -0.15) is 0 Å². The first-order valence-electron chi connectivity index (χ1n) is 11.6. The van der Waals surface area contributed by atoms with Crippen LogP contribution in [0.1, 0.15) is 34.0 Å². The lowest BCUT2D eigenvalue weighted by molar-refractivity contribution is 0.102. The molecule has 0 aromatic heterocycles. The van der Waals surface area contributed by atoms with Crippen LogP contribution in [-0.2, 0) is 0 Å². The minimum Gasteiger partial charge on any atom is -0.396 e. The Labute approximate surface area is 214 Å². The van der Waals surface area contributed by atoms with Crippen LogP contribution < -0.4 is 16.0 Å². The molecule has 1 aliphatic heterocycles. The Bertz CT molecular complexity index is 1360. The summed E-state index contributed by atoms with van der Waals surface area (Å²) < 4.78 is 27.4. The number of halogens is 3. The smallest absolute Gasteiger partial charge is 0.257 e. The van der Waals surface area contributed by atoms with Crippen LogP contribution in [0, 0.1) is 30.4 Å². The first-order valence-corrected chi connectivity index (χ1v) is 11.9. The molecular formula is C28H27ClF2N4O. The van der Waals surface area contributed by atoms with Crippen LogP contribution in [0.2, 0.25) is 5.02 Å². The SMILES string of the molecule is Cc1c(F)c(N)cc(C(=O)Nc2cc(C#Cc3ccc(F)cc3)ccc2N2CCN(C)[C@@H](C)C2)c1Cl. The molecule has 8 heteroatoms. The third-order valence-electron chi connectivity index (χ3n) is 6.43. The first-order chi connectivity index (χ1) is 17.1. The Balaban J connectivity index is 1.70. The monoisotopic (exact) mass is 508 g/mol. The summed E-state index contributed by atoms with van der Waals surface area (Å²) in [5, 5.41) is 2.95. The topological polar surface area (TPSA) is 61.6 Å². The molecule has 3 N–H and O–H groups in total. The third-order valence-corrected chi connectivity index (χ3v) is 6.92. The highest BCUT2D eigenvalue weighted by atomic mass is 35.5. The molecule has 3 aromatic rings. The van der Waals surface area contributed by atoms with Crippen molar-refractivity contribution in [2.75, 3.05) is 42.6 Å². The van der Waals surface area contributed by atoms with Gasteiger partial charge in [0.15, 0.2) is 5.82 Å². The van der Waals surface area contributed by atoms with Crippen molar-refractivity contribution in [2.24, 2.45) is 0 Å². The zero-order chi connectivity index (χ0) is 26.0. The molecule has 186 valence electrons. The predicted molar refractivity (Wildman–Crippen MR) is 142 cm³/mol. The molecule has 1 heterocycles. The van der Waals surface area contributed by atoms with Gasteiger partial charge in [-0.05, 0) is 69.4 Å². The van der Waals surface area contributed by atoms with Crippen molar-refractivity contribution in [3.8, 4) is 11.8 Å². The van der Waals surface area contributed by atoms with E-state index in [1.165, 1.54) is 25.1 Å². The molecule has 1 fully saturated rings. The Morgan fingerprint density at radius 2 is 1.75 bits per heavy atom. The number of anilines is 3. The average molecular weight is 509 g/mol. The van der Waals surface area contributed by atoms with E-state index in [0.717, 1.165) is 25.3 Å². The second-order valence-electron chi connectivity index (χ2n) is 8.98. The summed E-state index contributed by atoms with van der Waals surface area (Å²) in [6.07, 6.45) is 0. The summed E-state index contributed by atoms with van der Waals surface area (Å²) in [5.41, 5.74) is 8.56. The van der Waals surface area contributed by atoms with Gasteiger partial charge in [0, 0.05) is 42.4 Å². The lowest BCUT2D eigenvalue weighted by atomic mass is 10.1. The number of nitrogens with one attached hydrogen (secondary N) is 1. The highest BCUT2D eigenvalue weighted by molar-refractivity contribution is 6.35. The van der Waals surface area contributed by atoms with Crippen LogP contribution in [0.4, 0.5) is 25.8 Å². The van der Waals surface area contributed by atoms with Crippen LogP contribution in [0.5, 0.6) is 0 Å². The molecule has 0 saturated carbocycles. The fraction of sp³-hybridized carbons (Fsp3) is 0.250. The maximum Gasteiger partial charge on any atom is 0.257 e. The summed E-state index contributed by atoms with van der Waals surface area (Å²) in [4.78, 5) is 17.7. The van der Waals surface area contributed by atoms with E-state index in [1.54, 1.807) is 18.2 Å². The fourth-order valence-corrected chi connectivity index (χ4v) is 4.31. The Morgan fingerprint density at radius 1 is 1.08 bits per heavy atom. The molecule has 0 spiro atoms. The standard InChI is InChI=1S/C28H27ClF2N4O/c1-17-16-35(13-12-34(17)3)25-11-8-20(5-4-19-6-9-21(30)10-7-19)14-24(25)33-28(36)22-15-23(32)27(31)18(2)26(22)29/h6-11,14-15,17H,12-13,16,32H2,1-3H3,(H,33,36)/t17-/m0/s1. The van der Waals surface area contributed by atoms with Gasteiger partial charge in [-0.25, -0.2) is 8.78 Å². The van der Waals surface area contributed by atoms with E-state index in [0.29, 0.717) is 22.9 Å². The first kappa shape index (κ1) is 25.5. The number of nitrogens with two attached hydrogens (primary N) is 1. The molecule has 0 bridgehead atoms. The number of rotatable bonds is 3. The summed E-state index contributed by atoms with van der Waals surface area (Å²) >= 11 is 6.29.